The third kappa shape index (κ3) is 4.79. The Labute approximate surface area is 146 Å². The number of rotatable bonds is 6. The molecule has 5 nitrogen and oxygen atoms in total. The van der Waals surface area contributed by atoms with Crippen molar-refractivity contribution >= 4 is 23.5 Å². The van der Waals surface area contributed by atoms with Gasteiger partial charge in [0.2, 0.25) is 0 Å². The lowest BCUT2D eigenvalue weighted by Crippen LogP contribution is -2.40. The van der Waals surface area contributed by atoms with Crippen molar-refractivity contribution in [1.82, 2.24) is 5.32 Å². The van der Waals surface area contributed by atoms with E-state index in [1.165, 1.54) is 5.56 Å². The molecular formula is C18H24N2O3S. The molecule has 24 heavy (non-hydrogen) atoms. The second kappa shape index (κ2) is 7.77. The average Bonchev–Trinajstić information content (AvgIpc) is 2.87. The van der Waals surface area contributed by atoms with Gasteiger partial charge >= 0.3 is 6.03 Å². The van der Waals surface area contributed by atoms with Gasteiger partial charge in [0.05, 0.1) is 6.54 Å². The van der Waals surface area contributed by atoms with Crippen LogP contribution < -0.4 is 10.6 Å². The Hall–Kier alpha value is -1.92. The third-order valence-corrected chi connectivity index (χ3v) is 4.36. The molecule has 1 atom stereocenters. The summed E-state index contributed by atoms with van der Waals surface area (Å²) in [5.41, 5.74) is 1.41. The third-order valence-electron chi connectivity index (χ3n) is 3.74. The molecule has 2 rings (SSSR count). The van der Waals surface area contributed by atoms with Crippen LogP contribution in [0.4, 0.5) is 10.5 Å². The van der Waals surface area contributed by atoms with E-state index in [0.717, 1.165) is 11.5 Å². The summed E-state index contributed by atoms with van der Waals surface area (Å²) >= 11 is 1.75. The highest BCUT2D eigenvalue weighted by Crippen LogP contribution is 2.26. The molecule has 1 heterocycles. The number of carbonyl (C=O) groups is 1. The van der Waals surface area contributed by atoms with E-state index in [4.69, 9.17) is 4.42 Å². The molecule has 0 fully saturated rings. The quantitative estimate of drug-likeness (QED) is 0.742. The fraction of sp³-hybridized carbons (Fsp3) is 0.389. The number of hydrogen-bond acceptors (Lipinski definition) is 4. The zero-order chi connectivity index (χ0) is 17.7. The van der Waals surface area contributed by atoms with Gasteiger partial charge in [-0.2, -0.15) is 11.8 Å². The van der Waals surface area contributed by atoms with Gasteiger partial charge in [0, 0.05) is 17.0 Å². The first-order valence-corrected chi connectivity index (χ1v) is 9.14. The fourth-order valence-corrected chi connectivity index (χ4v) is 3.07. The molecule has 0 bridgehead atoms. The van der Waals surface area contributed by atoms with Crippen LogP contribution >= 0.6 is 11.8 Å². The van der Waals surface area contributed by atoms with E-state index in [2.05, 4.69) is 16.9 Å². The zero-order valence-corrected chi connectivity index (χ0v) is 15.3. The molecule has 2 aromatic rings. The van der Waals surface area contributed by atoms with Crippen LogP contribution in [0, 0.1) is 13.8 Å². The minimum Gasteiger partial charge on any atom is -0.466 e. The maximum atomic E-state index is 12.0. The number of furan rings is 1. The van der Waals surface area contributed by atoms with E-state index in [-0.39, 0.29) is 12.6 Å². The molecule has 0 aliphatic carbocycles. The van der Waals surface area contributed by atoms with Gasteiger partial charge in [-0.15, -0.1) is 0 Å². The molecule has 2 amide bonds. The number of thioether (sulfide) groups is 1. The fourth-order valence-electron chi connectivity index (χ4n) is 2.54. The van der Waals surface area contributed by atoms with Crippen LogP contribution in [0.5, 0.6) is 0 Å². The SMILES string of the molecule is CSCc1ccc(NC(=O)NCC(C)(O)c2cc(C)oc2C)cc1. The summed E-state index contributed by atoms with van der Waals surface area (Å²) in [5, 5.41) is 16.0. The lowest BCUT2D eigenvalue weighted by atomic mass is 9.96. The van der Waals surface area contributed by atoms with Gasteiger partial charge in [-0.25, -0.2) is 4.79 Å². The molecule has 130 valence electrons. The molecule has 6 heteroatoms. The molecular weight excluding hydrogens is 324 g/mol. The lowest BCUT2D eigenvalue weighted by Gasteiger charge is -2.23. The molecule has 0 radical (unpaired) electrons. The lowest BCUT2D eigenvalue weighted by molar-refractivity contribution is 0.0584. The van der Waals surface area contributed by atoms with Crippen molar-refractivity contribution in [3.05, 3.63) is 53.0 Å². The highest BCUT2D eigenvalue weighted by molar-refractivity contribution is 7.97. The van der Waals surface area contributed by atoms with Crippen molar-refractivity contribution in [2.24, 2.45) is 0 Å². The summed E-state index contributed by atoms with van der Waals surface area (Å²) < 4.78 is 5.44. The summed E-state index contributed by atoms with van der Waals surface area (Å²) in [6.45, 7) is 5.37. The van der Waals surface area contributed by atoms with Gasteiger partial charge in [0.1, 0.15) is 17.1 Å². The molecule has 0 aliphatic rings. The second-order valence-corrected chi connectivity index (χ2v) is 6.90. The van der Waals surface area contributed by atoms with Gasteiger partial charge in [0.15, 0.2) is 0 Å². The predicted octanol–water partition coefficient (Wildman–Crippen LogP) is 3.79. The number of hydrogen-bond donors (Lipinski definition) is 3. The van der Waals surface area contributed by atoms with Crippen LogP contribution in [-0.4, -0.2) is 23.9 Å². The highest BCUT2D eigenvalue weighted by Gasteiger charge is 2.28. The normalized spacial score (nSPS) is 13.4. The van der Waals surface area contributed by atoms with Crippen LogP contribution in [-0.2, 0) is 11.4 Å². The van der Waals surface area contributed by atoms with Crippen molar-refractivity contribution in [1.29, 1.82) is 0 Å². The first-order valence-electron chi connectivity index (χ1n) is 7.74. The molecule has 0 spiro atoms. The highest BCUT2D eigenvalue weighted by atomic mass is 32.2. The molecule has 1 aromatic carbocycles. The maximum absolute atomic E-state index is 12.0. The van der Waals surface area contributed by atoms with Crippen molar-refractivity contribution in [2.75, 3.05) is 18.1 Å². The number of urea groups is 1. The van der Waals surface area contributed by atoms with Gasteiger partial charge in [-0.1, -0.05) is 12.1 Å². The summed E-state index contributed by atoms with van der Waals surface area (Å²) in [7, 11) is 0. The Morgan fingerprint density at radius 1 is 1.29 bits per heavy atom. The van der Waals surface area contributed by atoms with Gasteiger partial charge < -0.3 is 20.2 Å². The summed E-state index contributed by atoms with van der Waals surface area (Å²) in [6, 6.07) is 9.14. The number of anilines is 1. The van der Waals surface area contributed by atoms with Crippen LogP contribution in [0.2, 0.25) is 0 Å². The topological polar surface area (TPSA) is 74.5 Å². The minimum absolute atomic E-state index is 0.0865. The molecule has 0 saturated carbocycles. The molecule has 0 aliphatic heterocycles. The van der Waals surface area contributed by atoms with Gasteiger partial charge in [-0.3, -0.25) is 0 Å². The Balaban J connectivity index is 1.91. The number of carbonyl (C=O) groups excluding carboxylic acids is 1. The Morgan fingerprint density at radius 2 is 1.96 bits per heavy atom. The van der Waals surface area contributed by atoms with E-state index in [1.807, 2.05) is 31.2 Å². The first kappa shape index (κ1) is 18.4. The molecule has 1 unspecified atom stereocenters. The van der Waals surface area contributed by atoms with Crippen LogP contribution in [0.25, 0.3) is 0 Å². The van der Waals surface area contributed by atoms with E-state index in [0.29, 0.717) is 17.0 Å². The van der Waals surface area contributed by atoms with Crippen molar-refractivity contribution in [2.45, 2.75) is 32.1 Å². The molecule has 3 N–H and O–H groups in total. The number of amides is 2. The number of aryl methyl sites for hydroxylation is 2. The van der Waals surface area contributed by atoms with Crippen molar-refractivity contribution < 1.29 is 14.3 Å². The smallest absolute Gasteiger partial charge is 0.319 e. The largest absolute Gasteiger partial charge is 0.466 e. The second-order valence-electron chi connectivity index (χ2n) is 6.04. The van der Waals surface area contributed by atoms with E-state index >= 15 is 0 Å². The Bertz CT molecular complexity index is 693. The van der Waals surface area contributed by atoms with E-state index in [9.17, 15) is 9.90 Å². The first-order chi connectivity index (χ1) is 11.3. The van der Waals surface area contributed by atoms with Crippen LogP contribution in [0.1, 0.15) is 29.6 Å². The van der Waals surface area contributed by atoms with Crippen molar-refractivity contribution in [3.63, 3.8) is 0 Å². The number of aliphatic hydroxyl groups is 1. The van der Waals surface area contributed by atoms with Crippen LogP contribution in [0.3, 0.4) is 0 Å². The maximum Gasteiger partial charge on any atom is 0.319 e. The Kier molecular flexibility index (Phi) is 5.96. The molecule has 0 saturated heterocycles. The standard InChI is InChI=1S/C18H24N2O3S/c1-12-9-16(13(2)23-12)18(3,22)11-19-17(21)20-15-7-5-14(6-8-15)10-24-4/h5-9,22H,10-11H2,1-4H3,(H2,19,20,21). The van der Waals surface area contributed by atoms with E-state index < -0.39 is 5.60 Å². The molecule has 1 aromatic heterocycles. The summed E-state index contributed by atoms with van der Waals surface area (Å²) in [5.74, 6) is 2.33. The average molecular weight is 348 g/mol. The van der Waals surface area contributed by atoms with Crippen molar-refractivity contribution in [3.8, 4) is 0 Å². The Morgan fingerprint density at radius 3 is 2.50 bits per heavy atom. The predicted molar refractivity (Wildman–Crippen MR) is 98.4 cm³/mol. The monoisotopic (exact) mass is 348 g/mol. The van der Waals surface area contributed by atoms with Gasteiger partial charge in [-0.05, 0) is 50.8 Å². The summed E-state index contributed by atoms with van der Waals surface area (Å²) in [4.78, 5) is 12.0. The minimum atomic E-state index is -1.19. The number of nitrogens with one attached hydrogen (secondary N) is 2. The number of benzene rings is 1. The summed E-state index contributed by atoms with van der Waals surface area (Å²) in [6.07, 6.45) is 2.05. The van der Waals surface area contributed by atoms with E-state index in [1.54, 1.807) is 31.7 Å². The van der Waals surface area contributed by atoms with Gasteiger partial charge in [0.25, 0.3) is 0 Å². The zero-order valence-electron chi connectivity index (χ0n) is 14.5. The van der Waals surface area contributed by atoms with Crippen LogP contribution in [0.15, 0.2) is 34.7 Å².